The van der Waals surface area contributed by atoms with Crippen molar-refractivity contribution in [3.8, 4) is 0 Å². The van der Waals surface area contributed by atoms with Crippen molar-refractivity contribution in [1.29, 1.82) is 0 Å². The standard InChI is InChI=1S/C48H61FO13/c1-25-16-34-33-9-7-27-18-29(51)11-14-43(27,3)47(33,49)36(54)22-45(34,5)48(25,60)38(56)24-62-40(58)20-30(52)19-39(57)61-23-37(55)46(59)15-12-32-31-8-6-26-17-28(50)10-13-42(26,2)41(31)35(53)21-44(32,46)4/h10-11,13-14,17-18,25,30-36,41,52-54,59-60H,6-9,12,15-16,19-24H2,1-5H3/t25-,30?,31?,32?,33?,34?,35+,36+,41?,42+,43+,44+,45+,46+,47+,48+/m1/s1. The maximum atomic E-state index is 17.5. The van der Waals surface area contributed by atoms with Gasteiger partial charge < -0.3 is 35.0 Å². The predicted octanol–water partition coefficient (Wildman–Crippen LogP) is 3.71. The van der Waals surface area contributed by atoms with Crippen LogP contribution in [0.2, 0.25) is 0 Å². The van der Waals surface area contributed by atoms with Crippen LogP contribution in [0.4, 0.5) is 4.39 Å². The topological polar surface area (TPSA) is 222 Å². The molecule has 13 nitrogen and oxygen atoms in total. The number of halogens is 1. The second-order valence-corrected chi connectivity index (χ2v) is 21.0. The van der Waals surface area contributed by atoms with Crippen LogP contribution in [0.25, 0.3) is 0 Å². The lowest BCUT2D eigenvalue weighted by Gasteiger charge is -2.62. The van der Waals surface area contributed by atoms with Crippen LogP contribution in [-0.2, 0) is 38.2 Å². The molecule has 8 aliphatic carbocycles. The van der Waals surface area contributed by atoms with Crippen molar-refractivity contribution in [3.05, 3.63) is 47.6 Å². The second-order valence-electron chi connectivity index (χ2n) is 21.0. The maximum absolute atomic E-state index is 17.5. The number of rotatable bonds is 10. The first-order valence-corrected chi connectivity index (χ1v) is 22.3. The third-order valence-corrected chi connectivity index (χ3v) is 18.3. The molecule has 0 bridgehead atoms. The fourth-order valence-corrected chi connectivity index (χ4v) is 15.0. The van der Waals surface area contributed by atoms with Crippen LogP contribution in [0.15, 0.2) is 47.6 Å². The van der Waals surface area contributed by atoms with Crippen molar-refractivity contribution >= 4 is 35.1 Å². The number of carbonyl (C=O) groups is 6. The average molecular weight is 865 g/mol. The minimum Gasteiger partial charge on any atom is -0.457 e. The second kappa shape index (κ2) is 14.9. The van der Waals surface area contributed by atoms with Crippen molar-refractivity contribution in [2.75, 3.05) is 13.2 Å². The first kappa shape index (κ1) is 44.9. The van der Waals surface area contributed by atoms with E-state index in [0.717, 1.165) is 5.57 Å². The largest absolute Gasteiger partial charge is 0.457 e. The molecule has 0 aromatic rings. The molecule has 14 heteroatoms. The lowest BCUT2D eigenvalue weighted by Crippen LogP contribution is -2.69. The monoisotopic (exact) mass is 864 g/mol. The number of esters is 2. The number of alkyl halides is 1. The molecule has 0 saturated heterocycles. The van der Waals surface area contributed by atoms with E-state index < -0.39 is 124 Å². The number of hydrogen-bond acceptors (Lipinski definition) is 13. The van der Waals surface area contributed by atoms with Crippen LogP contribution in [0, 0.1) is 57.2 Å². The van der Waals surface area contributed by atoms with Crippen LogP contribution in [0.1, 0.15) is 105 Å². The Hall–Kier alpha value is -3.69. The zero-order valence-corrected chi connectivity index (χ0v) is 36.2. The fourth-order valence-electron chi connectivity index (χ4n) is 15.0. The predicted molar refractivity (Wildman–Crippen MR) is 218 cm³/mol. The summed E-state index contributed by atoms with van der Waals surface area (Å²) in [5.74, 6) is -6.19. The molecule has 16 atom stereocenters. The number of allylic oxidation sites excluding steroid dienone is 8. The molecule has 6 saturated carbocycles. The smallest absolute Gasteiger partial charge is 0.308 e. The number of hydrogen-bond donors (Lipinski definition) is 5. The molecule has 0 amide bonds. The highest BCUT2D eigenvalue weighted by molar-refractivity contribution is 6.02. The zero-order chi connectivity index (χ0) is 45.2. The Morgan fingerprint density at radius 2 is 1.39 bits per heavy atom. The fraction of sp³-hybridized carbons (Fsp3) is 0.708. The van der Waals surface area contributed by atoms with E-state index in [1.807, 2.05) is 13.0 Å². The average Bonchev–Trinajstić information content (AvgIpc) is 3.58. The molecule has 8 rings (SSSR count). The first-order valence-electron chi connectivity index (χ1n) is 22.3. The van der Waals surface area contributed by atoms with Gasteiger partial charge in [0.2, 0.25) is 11.6 Å². The minimum atomic E-state index is -2.15. The molecule has 6 unspecified atom stereocenters. The molecule has 5 N–H and O–H groups in total. The summed E-state index contributed by atoms with van der Waals surface area (Å²) >= 11 is 0. The molecule has 338 valence electrons. The van der Waals surface area contributed by atoms with Gasteiger partial charge in [-0.2, -0.15) is 0 Å². The number of carbonyl (C=O) groups excluding carboxylic acids is 6. The highest BCUT2D eigenvalue weighted by atomic mass is 19.1. The number of aliphatic hydroxyl groups is 5. The quantitative estimate of drug-likeness (QED) is 0.198. The molecule has 0 aliphatic heterocycles. The molecule has 0 aromatic carbocycles. The number of ether oxygens (including phenoxy) is 2. The lowest BCUT2D eigenvalue weighted by atomic mass is 9.44. The Labute approximate surface area is 360 Å². The van der Waals surface area contributed by atoms with Gasteiger partial charge in [-0.25, -0.2) is 4.39 Å². The number of aliphatic hydroxyl groups excluding tert-OH is 3. The summed E-state index contributed by atoms with van der Waals surface area (Å²) in [5.41, 5.74) is -8.59. The molecule has 0 heterocycles. The van der Waals surface area contributed by atoms with Gasteiger partial charge in [0.1, 0.15) is 11.2 Å². The molecule has 0 radical (unpaired) electrons. The summed E-state index contributed by atoms with van der Waals surface area (Å²) < 4.78 is 27.9. The van der Waals surface area contributed by atoms with E-state index in [1.54, 1.807) is 39.8 Å². The van der Waals surface area contributed by atoms with Crippen LogP contribution in [-0.4, -0.2) is 109 Å². The summed E-state index contributed by atoms with van der Waals surface area (Å²) in [4.78, 5) is 77.5. The van der Waals surface area contributed by atoms with Crippen molar-refractivity contribution in [3.63, 3.8) is 0 Å². The van der Waals surface area contributed by atoms with E-state index in [9.17, 15) is 54.3 Å². The van der Waals surface area contributed by atoms with Crippen molar-refractivity contribution in [2.24, 2.45) is 57.2 Å². The Morgan fingerprint density at radius 3 is 2.05 bits per heavy atom. The van der Waals surface area contributed by atoms with Crippen LogP contribution >= 0.6 is 0 Å². The van der Waals surface area contributed by atoms with E-state index in [2.05, 4.69) is 0 Å². The lowest BCUT2D eigenvalue weighted by molar-refractivity contribution is -0.220. The van der Waals surface area contributed by atoms with E-state index in [0.29, 0.717) is 37.7 Å². The van der Waals surface area contributed by atoms with Crippen molar-refractivity contribution < 1.29 is 68.2 Å². The van der Waals surface area contributed by atoms with E-state index in [-0.39, 0.29) is 55.0 Å². The molecule has 0 spiro atoms. The Kier molecular flexibility index (Phi) is 10.8. The zero-order valence-electron chi connectivity index (χ0n) is 36.2. The summed E-state index contributed by atoms with van der Waals surface area (Å²) in [6.07, 6.45) is 6.78. The van der Waals surface area contributed by atoms with E-state index >= 15 is 4.39 Å². The van der Waals surface area contributed by atoms with Gasteiger partial charge in [0.25, 0.3) is 0 Å². The van der Waals surface area contributed by atoms with Gasteiger partial charge >= 0.3 is 11.9 Å². The minimum absolute atomic E-state index is 0.0182. The van der Waals surface area contributed by atoms with Gasteiger partial charge in [0, 0.05) is 33.5 Å². The van der Waals surface area contributed by atoms with Gasteiger partial charge in [-0.3, -0.25) is 28.8 Å². The third-order valence-electron chi connectivity index (χ3n) is 18.3. The summed E-state index contributed by atoms with van der Waals surface area (Å²) in [6, 6.07) is 0. The van der Waals surface area contributed by atoms with Gasteiger partial charge in [-0.1, -0.05) is 51.0 Å². The Bertz CT molecular complexity index is 2110. The molecule has 62 heavy (non-hydrogen) atoms. The van der Waals surface area contributed by atoms with Gasteiger partial charge in [-0.05, 0) is 113 Å². The van der Waals surface area contributed by atoms with Gasteiger partial charge in [0.05, 0.1) is 31.2 Å². The molecule has 6 fully saturated rings. The molecule has 8 aliphatic rings. The van der Waals surface area contributed by atoms with Crippen LogP contribution in [0.3, 0.4) is 0 Å². The van der Waals surface area contributed by atoms with Crippen molar-refractivity contribution in [1.82, 2.24) is 0 Å². The van der Waals surface area contributed by atoms with Crippen LogP contribution in [0.5, 0.6) is 0 Å². The van der Waals surface area contributed by atoms with Gasteiger partial charge in [0.15, 0.2) is 30.4 Å². The normalized spacial score (nSPS) is 46.8. The van der Waals surface area contributed by atoms with E-state index in [1.165, 1.54) is 18.2 Å². The Balaban J connectivity index is 0.840. The van der Waals surface area contributed by atoms with Crippen LogP contribution < -0.4 is 0 Å². The molecular formula is C48H61FO13. The summed E-state index contributed by atoms with van der Waals surface area (Å²) in [7, 11) is 0. The SMILES string of the molecule is C[C@@H]1CC2C3CCC4=CC(=O)C=C[C@]4(C)[C@@]3(F)[C@@H](O)C[C@]2(C)[C@@]1(O)C(=O)COC(=O)CC(O)CC(=O)OCC(=O)[C@@]1(O)CCC2C3CCC4=CC(=O)C=C[C@]4(C)C3[C@@H](O)C[C@@]21C. The molecule has 0 aromatic heterocycles. The van der Waals surface area contributed by atoms with Gasteiger partial charge in [-0.15, -0.1) is 0 Å². The summed E-state index contributed by atoms with van der Waals surface area (Å²) in [6.45, 7) is 7.20. The number of Topliss-reactive ketones (excluding diaryl/α,β-unsaturated/α-hetero) is 2. The maximum Gasteiger partial charge on any atom is 0.308 e. The Morgan fingerprint density at radius 1 is 0.790 bits per heavy atom. The molecular weight excluding hydrogens is 804 g/mol. The van der Waals surface area contributed by atoms with Crippen molar-refractivity contribution in [2.45, 2.75) is 140 Å². The highest BCUT2D eigenvalue weighted by Crippen LogP contribution is 2.71. The first-order chi connectivity index (χ1) is 28.9. The highest BCUT2D eigenvalue weighted by Gasteiger charge is 2.76. The number of fused-ring (bicyclic) bond motifs is 10. The van der Waals surface area contributed by atoms with E-state index in [4.69, 9.17) is 9.47 Å². The summed E-state index contributed by atoms with van der Waals surface area (Å²) in [5, 5.41) is 58.0. The number of ketones is 4. The third kappa shape index (κ3) is 6.15.